The topological polar surface area (TPSA) is 51.2 Å². The number of aromatic nitrogens is 1. The Kier molecular flexibility index (Phi) is 4.43. The molecule has 0 radical (unpaired) electrons. The van der Waals surface area contributed by atoms with Gasteiger partial charge in [0.05, 0.1) is 10.7 Å². The minimum atomic E-state index is -0.401. The number of para-hydroxylation sites is 1. The standard InChI is InChI=1S/C17H20N2O2S/c1-3-13-11(2)22-16(19-13)8-9-18-17(20)15-10-12-6-4-5-7-14(12)21-15/h4-7,15H,3,8-10H2,1-2H3,(H,18,20). The maximum absolute atomic E-state index is 12.2. The summed E-state index contributed by atoms with van der Waals surface area (Å²) in [5.41, 5.74) is 2.27. The summed E-state index contributed by atoms with van der Waals surface area (Å²) in [6.07, 6.45) is 1.99. The third-order valence-corrected chi connectivity index (χ3v) is 4.92. The molecule has 0 saturated carbocycles. The highest BCUT2D eigenvalue weighted by Crippen LogP contribution is 2.28. The Hall–Kier alpha value is -1.88. The van der Waals surface area contributed by atoms with Gasteiger partial charge in [0, 0.05) is 24.3 Å². The van der Waals surface area contributed by atoms with E-state index in [1.807, 2.05) is 24.3 Å². The van der Waals surface area contributed by atoms with E-state index in [-0.39, 0.29) is 5.91 Å². The molecular weight excluding hydrogens is 296 g/mol. The lowest BCUT2D eigenvalue weighted by molar-refractivity contribution is -0.127. The van der Waals surface area contributed by atoms with Crippen LogP contribution in [0.15, 0.2) is 24.3 Å². The first-order chi connectivity index (χ1) is 10.7. The lowest BCUT2D eigenvalue weighted by Gasteiger charge is -2.10. The molecule has 4 nitrogen and oxygen atoms in total. The van der Waals surface area contributed by atoms with Crippen LogP contribution in [0.5, 0.6) is 5.75 Å². The SMILES string of the molecule is CCc1nc(CCNC(=O)C2Cc3ccccc3O2)sc1C. The van der Waals surface area contributed by atoms with Crippen LogP contribution in [0.4, 0.5) is 0 Å². The van der Waals surface area contributed by atoms with E-state index in [2.05, 4.69) is 24.1 Å². The van der Waals surface area contributed by atoms with Crippen LogP contribution >= 0.6 is 11.3 Å². The smallest absolute Gasteiger partial charge is 0.261 e. The molecule has 1 unspecified atom stereocenters. The van der Waals surface area contributed by atoms with Gasteiger partial charge in [0.25, 0.3) is 5.91 Å². The summed E-state index contributed by atoms with van der Waals surface area (Å²) in [7, 11) is 0. The molecule has 1 aliphatic heterocycles. The molecule has 0 bridgehead atoms. The molecule has 5 heteroatoms. The van der Waals surface area contributed by atoms with Gasteiger partial charge in [-0.1, -0.05) is 25.1 Å². The number of nitrogens with one attached hydrogen (secondary N) is 1. The van der Waals surface area contributed by atoms with E-state index in [4.69, 9.17) is 4.74 Å². The van der Waals surface area contributed by atoms with Crippen LogP contribution in [0.25, 0.3) is 0 Å². The number of benzene rings is 1. The summed E-state index contributed by atoms with van der Waals surface area (Å²) < 4.78 is 5.69. The Morgan fingerprint density at radius 2 is 2.27 bits per heavy atom. The van der Waals surface area contributed by atoms with E-state index in [1.54, 1.807) is 11.3 Å². The second-order valence-corrected chi connectivity index (χ2v) is 6.71. The summed E-state index contributed by atoms with van der Waals surface area (Å²) >= 11 is 1.72. The maximum atomic E-state index is 12.2. The maximum Gasteiger partial charge on any atom is 0.261 e. The van der Waals surface area contributed by atoms with Gasteiger partial charge in [0.2, 0.25) is 0 Å². The van der Waals surface area contributed by atoms with Crippen LogP contribution < -0.4 is 10.1 Å². The van der Waals surface area contributed by atoms with Crippen LogP contribution in [0, 0.1) is 6.92 Å². The summed E-state index contributed by atoms with van der Waals surface area (Å²) in [5.74, 6) is 0.783. The molecule has 1 aliphatic rings. The minimum absolute atomic E-state index is 0.0415. The number of carbonyl (C=O) groups excluding carboxylic acids is 1. The number of hydrogen-bond donors (Lipinski definition) is 1. The van der Waals surface area contributed by atoms with Crippen molar-refractivity contribution in [2.45, 2.75) is 39.2 Å². The summed E-state index contributed by atoms with van der Waals surface area (Å²) in [6, 6.07) is 7.81. The van der Waals surface area contributed by atoms with E-state index in [0.717, 1.165) is 29.2 Å². The number of ether oxygens (including phenoxy) is 1. The molecule has 0 spiro atoms. The average molecular weight is 316 g/mol. The van der Waals surface area contributed by atoms with E-state index in [1.165, 1.54) is 10.6 Å². The summed E-state index contributed by atoms with van der Waals surface area (Å²) in [5, 5.41) is 4.05. The van der Waals surface area contributed by atoms with Crippen LogP contribution in [-0.2, 0) is 24.1 Å². The Labute approximate surface area is 134 Å². The quantitative estimate of drug-likeness (QED) is 0.922. The molecule has 1 aromatic carbocycles. The minimum Gasteiger partial charge on any atom is -0.480 e. The third kappa shape index (κ3) is 3.14. The molecule has 2 aromatic rings. The molecule has 0 fully saturated rings. The molecule has 0 saturated heterocycles. The number of amides is 1. The highest BCUT2D eigenvalue weighted by molar-refractivity contribution is 7.11. The van der Waals surface area contributed by atoms with Gasteiger partial charge in [-0.3, -0.25) is 4.79 Å². The normalized spacial score (nSPS) is 16.2. The highest BCUT2D eigenvalue weighted by Gasteiger charge is 2.28. The van der Waals surface area contributed by atoms with Crippen LogP contribution in [-0.4, -0.2) is 23.5 Å². The highest BCUT2D eigenvalue weighted by atomic mass is 32.1. The molecular formula is C17H20N2O2S. The molecule has 1 aromatic heterocycles. The average Bonchev–Trinajstić information content (AvgIpc) is 3.10. The number of nitrogens with zero attached hydrogens (tertiary/aromatic N) is 1. The zero-order chi connectivity index (χ0) is 15.5. The predicted octanol–water partition coefficient (Wildman–Crippen LogP) is 2.68. The van der Waals surface area contributed by atoms with Gasteiger partial charge >= 0.3 is 0 Å². The van der Waals surface area contributed by atoms with Crippen molar-refractivity contribution in [2.75, 3.05) is 6.54 Å². The van der Waals surface area contributed by atoms with Crippen molar-refractivity contribution >= 4 is 17.2 Å². The van der Waals surface area contributed by atoms with Crippen molar-refractivity contribution < 1.29 is 9.53 Å². The molecule has 22 heavy (non-hydrogen) atoms. The van der Waals surface area contributed by atoms with E-state index in [0.29, 0.717) is 13.0 Å². The second kappa shape index (κ2) is 6.48. The van der Waals surface area contributed by atoms with Crippen molar-refractivity contribution in [1.82, 2.24) is 10.3 Å². The molecule has 3 rings (SSSR count). The zero-order valence-corrected chi connectivity index (χ0v) is 13.7. The zero-order valence-electron chi connectivity index (χ0n) is 12.9. The van der Waals surface area contributed by atoms with Gasteiger partial charge in [0.1, 0.15) is 5.75 Å². The first-order valence-electron chi connectivity index (χ1n) is 7.65. The van der Waals surface area contributed by atoms with Gasteiger partial charge in [-0.15, -0.1) is 11.3 Å². The third-order valence-electron chi connectivity index (χ3n) is 3.85. The van der Waals surface area contributed by atoms with E-state index >= 15 is 0 Å². The molecule has 0 aliphatic carbocycles. The van der Waals surface area contributed by atoms with Gasteiger partial charge in [0.15, 0.2) is 6.10 Å². The Morgan fingerprint density at radius 3 is 3.00 bits per heavy atom. The Bertz CT molecular complexity index is 656. The van der Waals surface area contributed by atoms with Crippen molar-refractivity contribution in [1.29, 1.82) is 0 Å². The monoisotopic (exact) mass is 316 g/mol. The molecule has 1 amide bonds. The van der Waals surface area contributed by atoms with Crippen molar-refractivity contribution in [2.24, 2.45) is 0 Å². The predicted molar refractivity (Wildman–Crippen MR) is 87.5 cm³/mol. The Morgan fingerprint density at radius 1 is 1.45 bits per heavy atom. The lowest BCUT2D eigenvalue weighted by Crippen LogP contribution is -2.38. The van der Waals surface area contributed by atoms with E-state index in [9.17, 15) is 4.79 Å². The van der Waals surface area contributed by atoms with E-state index < -0.39 is 6.10 Å². The van der Waals surface area contributed by atoms with Crippen LogP contribution in [0.1, 0.15) is 28.1 Å². The largest absolute Gasteiger partial charge is 0.480 e. The van der Waals surface area contributed by atoms with Gasteiger partial charge in [-0.25, -0.2) is 4.98 Å². The first-order valence-corrected chi connectivity index (χ1v) is 8.46. The first kappa shape index (κ1) is 15.0. The van der Waals surface area contributed by atoms with Crippen LogP contribution in [0.3, 0.4) is 0 Å². The number of rotatable bonds is 5. The van der Waals surface area contributed by atoms with Gasteiger partial charge in [-0.2, -0.15) is 0 Å². The number of fused-ring (bicyclic) bond motifs is 1. The van der Waals surface area contributed by atoms with Crippen molar-refractivity contribution in [3.05, 3.63) is 45.4 Å². The number of thiazole rings is 1. The molecule has 2 heterocycles. The molecule has 1 N–H and O–H groups in total. The van der Waals surface area contributed by atoms with Gasteiger partial charge in [-0.05, 0) is 25.0 Å². The molecule has 1 atom stereocenters. The van der Waals surface area contributed by atoms with Gasteiger partial charge < -0.3 is 10.1 Å². The number of aryl methyl sites for hydroxylation is 2. The lowest BCUT2D eigenvalue weighted by atomic mass is 10.1. The van der Waals surface area contributed by atoms with Crippen molar-refractivity contribution in [3.63, 3.8) is 0 Å². The second-order valence-electron chi connectivity index (χ2n) is 5.42. The van der Waals surface area contributed by atoms with Crippen LogP contribution in [0.2, 0.25) is 0 Å². The Balaban J connectivity index is 1.49. The number of hydrogen-bond acceptors (Lipinski definition) is 4. The fourth-order valence-corrected chi connectivity index (χ4v) is 3.68. The number of carbonyl (C=O) groups is 1. The van der Waals surface area contributed by atoms with Crippen molar-refractivity contribution in [3.8, 4) is 5.75 Å². The molecule has 116 valence electrons. The fraction of sp³-hybridized carbons (Fsp3) is 0.412. The summed E-state index contributed by atoms with van der Waals surface area (Å²) in [4.78, 5) is 18.0. The fourth-order valence-electron chi connectivity index (χ4n) is 2.66. The summed E-state index contributed by atoms with van der Waals surface area (Å²) in [6.45, 7) is 4.82.